The van der Waals surface area contributed by atoms with Gasteiger partial charge in [0.05, 0.1) is 17.6 Å². The molecule has 1 N–H and O–H groups in total. The second kappa shape index (κ2) is 9.63. The van der Waals surface area contributed by atoms with Gasteiger partial charge in [-0.15, -0.1) is 11.8 Å². The van der Waals surface area contributed by atoms with Crippen LogP contribution in [0.25, 0.3) is 11.5 Å². The molecule has 2 heterocycles. The molecular formula is C22H23BrN2O2S. The number of oxazole rings is 1. The van der Waals surface area contributed by atoms with Crippen LogP contribution in [0.3, 0.4) is 0 Å². The van der Waals surface area contributed by atoms with Crippen molar-refractivity contribution in [2.75, 3.05) is 18.2 Å². The average molecular weight is 459 g/mol. The number of nitrogens with zero attached hydrogens (tertiary/aromatic N) is 1. The van der Waals surface area contributed by atoms with Crippen molar-refractivity contribution in [1.82, 2.24) is 10.3 Å². The lowest BCUT2D eigenvalue weighted by atomic mass is 10.1. The van der Waals surface area contributed by atoms with Crippen LogP contribution in [0.2, 0.25) is 0 Å². The van der Waals surface area contributed by atoms with E-state index in [-0.39, 0.29) is 0 Å². The van der Waals surface area contributed by atoms with Gasteiger partial charge >= 0.3 is 0 Å². The highest BCUT2D eigenvalue weighted by Crippen LogP contribution is 2.24. The fourth-order valence-electron chi connectivity index (χ4n) is 3.23. The van der Waals surface area contributed by atoms with Crippen LogP contribution in [-0.2, 0) is 18.2 Å². The van der Waals surface area contributed by atoms with Crippen molar-refractivity contribution < 1.29 is 9.15 Å². The Morgan fingerprint density at radius 3 is 2.68 bits per heavy atom. The third kappa shape index (κ3) is 4.99. The first kappa shape index (κ1) is 19.6. The second-order valence-electron chi connectivity index (χ2n) is 6.75. The molecule has 4 nitrogen and oxygen atoms in total. The number of ether oxygens (including phenoxy) is 1. The van der Waals surface area contributed by atoms with Crippen LogP contribution >= 0.6 is 27.7 Å². The van der Waals surface area contributed by atoms with E-state index in [1.807, 2.05) is 42.1 Å². The van der Waals surface area contributed by atoms with Crippen LogP contribution in [0.4, 0.5) is 0 Å². The van der Waals surface area contributed by atoms with E-state index in [4.69, 9.17) is 9.15 Å². The summed E-state index contributed by atoms with van der Waals surface area (Å²) in [6.07, 6.45) is 1.78. The van der Waals surface area contributed by atoms with Gasteiger partial charge in [-0.05, 0) is 36.2 Å². The fraction of sp³-hybridized carbons (Fsp3) is 0.318. The fourth-order valence-corrected chi connectivity index (χ4v) is 4.66. The number of aromatic nitrogens is 1. The number of benzene rings is 2. The molecule has 4 rings (SSSR count). The predicted molar refractivity (Wildman–Crippen MR) is 118 cm³/mol. The Labute approximate surface area is 178 Å². The Morgan fingerprint density at radius 1 is 1.14 bits per heavy atom. The predicted octanol–water partition coefficient (Wildman–Crippen LogP) is 5.06. The minimum Gasteiger partial charge on any atom is -0.493 e. The normalized spacial score (nSPS) is 16.4. The summed E-state index contributed by atoms with van der Waals surface area (Å²) in [5, 5.41) is 4.15. The Morgan fingerprint density at radius 2 is 1.96 bits per heavy atom. The summed E-state index contributed by atoms with van der Waals surface area (Å²) < 4.78 is 11.8. The van der Waals surface area contributed by atoms with Gasteiger partial charge in [0.25, 0.3) is 0 Å². The molecule has 0 radical (unpaired) electrons. The maximum Gasteiger partial charge on any atom is 0.226 e. The van der Waals surface area contributed by atoms with Crippen LogP contribution in [0.5, 0.6) is 5.75 Å². The molecule has 0 aliphatic carbocycles. The molecule has 6 heteroatoms. The number of hydrogen-bond acceptors (Lipinski definition) is 5. The molecule has 1 saturated heterocycles. The minimum atomic E-state index is 0.570. The maximum atomic E-state index is 5.93. The first-order valence-electron chi connectivity index (χ1n) is 9.44. The molecular weight excluding hydrogens is 436 g/mol. The van der Waals surface area contributed by atoms with E-state index in [2.05, 4.69) is 50.5 Å². The molecule has 1 aliphatic heterocycles. The van der Waals surface area contributed by atoms with E-state index < -0.39 is 0 Å². The number of nitrogens with one attached hydrogen (secondary N) is 1. The molecule has 1 atom stereocenters. The van der Waals surface area contributed by atoms with Crippen molar-refractivity contribution in [2.24, 2.45) is 0 Å². The Kier molecular flexibility index (Phi) is 6.73. The highest BCUT2D eigenvalue weighted by Gasteiger charge is 2.15. The van der Waals surface area contributed by atoms with Crippen molar-refractivity contribution in [3.05, 3.63) is 71.6 Å². The van der Waals surface area contributed by atoms with Crippen molar-refractivity contribution in [2.45, 2.75) is 24.2 Å². The molecule has 146 valence electrons. The smallest absolute Gasteiger partial charge is 0.226 e. The molecule has 28 heavy (non-hydrogen) atoms. The van der Waals surface area contributed by atoms with Gasteiger partial charge in [0.2, 0.25) is 5.89 Å². The van der Waals surface area contributed by atoms with E-state index in [0.29, 0.717) is 30.3 Å². The molecule has 1 aromatic heterocycles. The van der Waals surface area contributed by atoms with E-state index in [0.717, 1.165) is 35.1 Å². The van der Waals surface area contributed by atoms with Crippen LogP contribution in [0.1, 0.15) is 17.0 Å². The van der Waals surface area contributed by atoms with Crippen molar-refractivity contribution in [1.29, 1.82) is 0 Å². The van der Waals surface area contributed by atoms with Crippen molar-refractivity contribution >= 4 is 27.7 Å². The van der Waals surface area contributed by atoms with Gasteiger partial charge in [0.15, 0.2) is 0 Å². The first-order valence-corrected chi connectivity index (χ1v) is 11.7. The van der Waals surface area contributed by atoms with E-state index in [1.54, 1.807) is 0 Å². The van der Waals surface area contributed by atoms with E-state index in [1.165, 1.54) is 11.3 Å². The second-order valence-corrected chi connectivity index (χ2v) is 8.34. The van der Waals surface area contributed by atoms with Gasteiger partial charge < -0.3 is 14.5 Å². The van der Waals surface area contributed by atoms with Crippen LogP contribution in [-0.4, -0.2) is 29.3 Å². The van der Waals surface area contributed by atoms with Crippen LogP contribution in [0, 0.1) is 0 Å². The largest absolute Gasteiger partial charge is 0.493 e. The number of alkyl halides is 1. The number of rotatable bonds is 8. The summed E-state index contributed by atoms with van der Waals surface area (Å²) in [5.41, 5.74) is 3.28. The lowest BCUT2D eigenvalue weighted by Gasteiger charge is -2.10. The molecule has 1 fully saturated rings. The summed E-state index contributed by atoms with van der Waals surface area (Å²) in [6.45, 7) is 0.570. The molecule has 3 aromatic rings. The Balaban J connectivity index is 1.32. The topological polar surface area (TPSA) is 47.3 Å². The molecule has 0 spiro atoms. The first-order chi connectivity index (χ1) is 13.8. The third-order valence-corrected chi connectivity index (χ3v) is 6.24. The zero-order valence-corrected chi connectivity index (χ0v) is 18.0. The minimum absolute atomic E-state index is 0.570. The third-order valence-electron chi connectivity index (χ3n) is 4.73. The SMILES string of the molecule is BrCc1oc(-c2ccccc2)nc1CCOc1ccc(CC2CSCN2)cc1. The van der Waals surface area contributed by atoms with Crippen molar-refractivity contribution in [3.63, 3.8) is 0 Å². The van der Waals surface area contributed by atoms with Gasteiger partial charge in [-0.3, -0.25) is 0 Å². The average Bonchev–Trinajstić information content (AvgIpc) is 3.40. The monoisotopic (exact) mass is 458 g/mol. The van der Waals surface area contributed by atoms with E-state index >= 15 is 0 Å². The van der Waals surface area contributed by atoms with Gasteiger partial charge in [-0.25, -0.2) is 4.98 Å². The van der Waals surface area contributed by atoms with Gasteiger partial charge in [0, 0.05) is 29.7 Å². The molecule has 2 aromatic carbocycles. The highest BCUT2D eigenvalue weighted by molar-refractivity contribution is 9.08. The summed E-state index contributed by atoms with van der Waals surface area (Å²) >= 11 is 5.46. The summed E-state index contributed by atoms with van der Waals surface area (Å²) in [6, 6.07) is 19.0. The Hall–Kier alpha value is -1.76. The van der Waals surface area contributed by atoms with Gasteiger partial charge in [-0.2, -0.15) is 0 Å². The van der Waals surface area contributed by atoms with E-state index in [9.17, 15) is 0 Å². The molecule has 0 bridgehead atoms. The summed E-state index contributed by atoms with van der Waals surface area (Å²) in [4.78, 5) is 4.67. The molecule has 0 saturated carbocycles. The standard InChI is InChI=1S/C22H23BrN2O2S/c23-13-21-20(25-22(27-21)17-4-2-1-3-5-17)10-11-26-19-8-6-16(7-9-19)12-18-14-28-15-24-18/h1-9,18,24H,10-15H2. The zero-order chi connectivity index (χ0) is 19.2. The highest BCUT2D eigenvalue weighted by atomic mass is 79.9. The maximum absolute atomic E-state index is 5.93. The quantitative estimate of drug-likeness (QED) is 0.477. The molecule has 1 unspecified atom stereocenters. The van der Waals surface area contributed by atoms with Crippen LogP contribution < -0.4 is 10.1 Å². The number of hydrogen-bond donors (Lipinski definition) is 1. The van der Waals surface area contributed by atoms with Gasteiger partial charge in [-0.1, -0.05) is 46.3 Å². The zero-order valence-electron chi connectivity index (χ0n) is 15.6. The van der Waals surface area contributed by atoms with Gasteiger partial charge in [0.1, 0.15) is 11.5 Å². The lowest BCUT2D eigenvalue weighted by molar-refractivity contribution is 0.319. The summed E-state index contributed by atoms with van der Waals surface area (Å²) in [7, 11) is 0. The van der Waals surface area contributed by atoms with Crippen LogP contribution in [0.15, 0.2) is 59.0 Å². The number of thioether (sulfide) groups is 1. The molecule has 1 aliphatic rings. The lowest BCUT2D eigenvalue weighted by Crippen LogP contribution is -2.25. The summed E-state index contributed by atoms with van der Waals surface area (Å²) in [5.74, 6) is 4.67. The van der Waals surface area contributed by atoms with Crippen molar-refractivity contribution in [3.8, 4) is 17.2 Å². The number of halogens is 1. The Bertz CT molecular complexity index is 877. The molecule has 0 amide bonds.